The third-order valence-electron chi connectivity index (χ3n) is 4.36. The van der Waals surface area contributed by atoms with Gasteiger partial charge in [0.25, 0.3) is 0 Å². The van der Waals surface area contributed by atoms with Crippen LogP contribution in [0.1, 0.15) is 55.7 Å². The zero-order valence-corrected chi connectivity index (χ0v) is 13.9. The Morgan fingerprint density at radius 2 is 2.17 bits per heavy atom. The van der Waals surface area contributed by atoms with E-state index in [1.54, 1.807) is 0 Å². The van der Waals surface area contributed by atoms with Crippen LogP contribution in [-0.4, -0.2) is 22.6 Å². The topological polar surface area (TPSA) is 58.4 Å². The summed E-state index contributed by atoms with van der Waals surface area (Å²) >= 11 is 0. The highest BCUT2D eigenvalue weighted by Gasteiger charge is 2.32. The van der Waals surface area contributed by atoms with Gasteiger partial charge in [-0.05, 0) is 31.4 Å². The van der Waals surface area contributed by atoms with Gasteiger partial charge in [-0.25, -0.2) is 4.79 Å². The van der Waals surface area contributed by atoms with Crippen molar-refractivity contribution in [2.75, 3.05) is 11.9 Å². The summed E-state index contributed by atoms with van der Waals surface area (Å²) in [7, 11) is 0. The maximum absolute atomic E-state index is 12.6. The van der Waals surface area contributed by atoms with E-state index in [4.69, 9.17) is 4.52 Å². The second kappa shape index (κ2) is 6.44. The van der Waals surface area contributed by atoms with Crippen molar-refractivity contribution < 1.29 is 9.32 Å². The number of amides is 2. The summed E-state index contributed by atoms with van der Waals surface area (Å²) in [4.78, 5) is 14.5. The Bertz CT molecular complexity index is 693. The Morgan fingerprint density at radius 1 is 1.39 bits per heavy atom. The van der Waals surface area contributed by atoms with Crippen LogP contribution in [0.3, 0.4) is 0 Å². The number of rotatable bonds is 3. The minimum Gasteiger partial charge on any atom is -0.361 e. The Kier molecular flexibility index (Phi) is 4.37. The Balaban J connectivity index is 1.75. The average Bonchev–Trinajstić information content (AvgIpc) is 3.17. The summed E-state index contributed by atoms with van der Waals surface area (Å²) in [6, 6.07) is 9.71. The second-order valence-corrected chi connectivity index (χ2v) is 6.41. The van der Waals surface area contributed by atoms with Crippen LogP contribution in [0, 0.1) is 6.92 Å². The smallest absolute Gasteiger partial charge is 0.322 e. The molecule has 5 heteroatoms. The fraction of sp³-hybridized carbons (Fsp3) is 0.444. The fourth-order valence-electron chi connectivity index (χ4n) is 2.95. The average molecular weight is 313 g/mol. The number of aromatic nitrogens is 1. The minimum atomic E-state index is -0.0732. The number of urea groups is 1. The molecule has 1 aromatic carbocycles. The molecule has 2 amide bonds. The van der Waals surface area contributed by atoms with Crippen molar-refractivity contribution in [3.8, 4) is 0 Å². The maximum Gasteiger partial charge on any atom is 0.322 e. The monoisotopic (exact) mass is 313 g/mol. The van der Waals surface area contributed by atoms with Crippen molar-refractivity contribution in [1.82, 2.24) is 10.1 Å². The molecule has 23 heavy (non-hydrogen) atoms. The highest BCUT2D eigenvalue weighted by Crippen LogP contribution is 2.33. The van der Waals surface area contributed by atoms with Crippen LogP contribution in [-0.2, 0) is 0 Å². The summed E-state index contributed by atoms with van der Waals surface area (Å²) in [6.07, 6.45) is 1.90. The van der Waals surface area contributed by atoms with Crippen molar-refractivity contribution in [1.29, 1.82) is 0 Å². The van der Waals surface area contributed by atoms with Crippen molar-refractivity contribution in [3.05, 3.63) is 47.3 Å². The standard InChI is InChI=1S/C18H23N3O2/c1-12(2)17-11-15(20-23-17)16-9-6-10-21(16)18(22)19-14-8-5-4-7-13(14)3/h4-5,7-8,11-12,16H,6,9-10H2,1-3H3,(H,19,22). The van der Waals surface area contributed by atoms with Gasteiger partial charge >= 0.3 is 6.03 Å². The lowest BCUT2D eigenvalue weighted by Crippen LogP contribution is -2.34. The van der Waals surface area contributed by atoms with Gasteiger partial charge in [0.2, 0.25) is 0 Å². The minimum absolute atomic E-state index is 0.00438. The van der Waals surface area contributed by atoms with Gasteiger partial charge < -0.3 is 14.7 Å². The Morgan fingerprint density at radius 3 is 2.87 bits per heavy atom. The van der Waals surface area contributed by atoms with Gasteiger partial charge in [-0.15, -0.1) is 0 Å². The van der Waals surface area contributed by atoms with Crippen LogP contribution >= 0.6 is 0 Å². The lowest BCUT2D eigenvalue weighted by atomic mass is 10.1. The molecule has 1 fully saturated rings. The van der Waals surface area contributed by atoms with Crippen molar-refractivity contribution >= 4 is 11.7 Å². The normalized spacial score (nSPS) is 17.7. The predicted molar refractivity (Wildman–Crippen MR) is 89.5 cm³/mol. The van der Waals surface area contributed by atoms with Crippen LogP contribution < -0.4 is 5.32 Å². The van der Waals surface area contributed by atoms with Crippen LogP contribution in [0.4, 0.5) is 10.5 Å². The van der Waals surface area contributed by atoms with E-state index in [1.807, 2.05) is 42.2 Å². The Labute approximate surface area is 136 Å². The molecule has 0 radical (unpaired) electrons. The van der Waals surface area contributed by atoms with Gasteiger partial charge in [-0.3, -0.25) is 0 Å². The molecule has 2 aromatic rings. The van der Waals surface area contributed by atoms with Crippen LogP contribution in [0.25, 0.3) is 0 Å². The van der Waals surface area contributed by atoms with Crippen LogP contribution in [0.15, 0.2) is 34.9 Å². The number of carbonyl (C=O) groups excluding carboxylic acids is 1. The molecular formula is C18H23N3O2. The van der Waals surface area contributed by atoms with Gasteiger partial charge in [-0.2, -0.15) is 0 Å². The number of aryl methyl sites for hydroxylation is 1. The SMILES string of the molecule is Cc1ccccc1NC(=O)N1CCCC1c1cc(C(C)C)on1. The lowest BCUT2D eigenvalue weighted by Gasteiger charge is -2.23. The summed E-state index contributed by atoms with van der Waals surface area (Å²) in [5, 5.41) is 7.19. The molecule has 5 nitrogen and oxygen atoms in total. The van der Waals surface area contributed by atoms with Gasteiger partial charge in [0.1, 0.15) is 11.5 Å². The molecule has 0 saturated carbocycles. The van der Waals surface area contributed by atoms with E-state index >= 15 is 0 Å². The third-order valence-corrected chi connectivity index (χ3v) is 4.36. The number of hydrogen-bond acceptors (Lipinski definition) is 3. The zero-order chi connectivity index (χ0) is 16.4. The Hall–Kier alpha value is -2.30. The molecule has 0 aliphatic carbocycles. The van der Waals surface area contributed by atoms with Crippen molar-refractivity contribution in [2.24, 2.45) is 0 Å². The highest BCUT2D eigenvalue weighted by molar-refractivity contribution is 5.90. The highest BCUT2D eigenvalue weighted by atomic mass is 16.5. The summed E-state index contributed by atoms with van der Waals surface area (Å²) < 4.78 is 5.40. The quantitative estimate of drug-likeness (QED) is 0.909. The van der Waals surface area contributed by atoms with Gasteiger partial charge in [-0.1, -0.05) is 37.2 Å². The van der Waals surface area contributed by atoms with E-state index < -0.39 is 0 Å². The maximum atomic E-state index is 12.6. The molecule has 1 aliphatic heterocycles. The van der Waals surface area contributed by atoms with E-state index in [0.29, 0.717) is 5.92 Å². The number of nitrogens with zero attached hydrogens (tertiary/aromatic N) is 2. The number of carbonyl (C=O) groups is 1. The molecule has 0 spiro atoms. The molecule has 1 aliphatic rings. The largest absolute Gasteiger partial charge is 0.361 e. The number of para-hydroxylation sites is 1. The molecule has 0 bridgehead atoms. The summed E-state index contributed by atoms with van der Waals surface area (Å²) in [5.74, 6) is 1.16. The molecule has 3 rings (SSSR count). The number of anilines is 1. The predicted octanol–water partition coefficient (Wildman–Crippen LogP) is 4.48. The summed E-state index contributed by atoms with van der Waals surface area (Å²) in [5.41, 5.74) is 2.76. The second-order valence-electron chi connectivity index (χ2n) is 6.41. The third kappa shape index (κ3) is 3.23. The molecule has 1 aromatic heterocycles. The molecule has 1 atom stereocenters. The molecule has 122 valence electrons. The molecule has 1 N–H and O–H groups in total. The lowest BCUT2D eigenvalue weighted by molar-refractivity contribution is 0.204. The van der Waals surface area contributed by atoms with Crippen molar-refractivity contribution in [2.45, 2.75) is 45.6 Å². The van der Waals surface area contributed by atoms with E-state index in [1.165, 1.54) is 0 Å². The van der Waals surface area contributed by atoms with Gasteiger partial charge in [0.05, 0.1) is 6.04 Å². The number of nitrogens with one attached hydrogen (secondary N) is 1. The molecule has 1 unspecified atom stereocenters. The first-order chi connectivity index (χ1) is 11.1. The fourth-order valence-corrected chi connectivity index (χ4v) is 2.95. The first kappa shape index (κ1) is 15.6. The first-order valence-electron chi connectivity index (χ1n) is 8.16. The molecular weight excluding hydrogens is 290 g/mol. The molecule has 1 saturated heterocycles. The number of hydrogen-bond donors (Lipinski definition) is 1. The van der Waals surface area contributed by atoms with Gasteiger partial charge in [0, 0.05) is 24.2 Å². The van der Waals surface area contributed by atoms with Crippen molar-refractivity contribution in [3.63, 3.8) is 0 Å². The van der Waals surface area contributed by atoms with E-state index in [0.717, 1.165) is 42.1 Å². The van der Waals surface area contributed by atoms with E-state index in [2.05, 4.69) is 24.3 Å². The van der Waals surface area contributed by atoms with E-state index in [-0.39, 0.29) is 12.1 Å². The summed E-state index contributed by atoms with van der Waals surface area (Å²) in [6.45, 7) is 6.87. The first-order valence-corrected chi connectivity index (χ1v) is 8.16. The number of benzene rings is 1. The van der Waals surface area contributed by atoms with Gasteiger partial charge in [0.15, 0.2) is 0 Å². The van der Waals surface area contributed by atoms with E-state index in [9.17, 15) is 4.79 Å². The van der Waals surface area contributed by atoms with Crippen LogP contribution in [0.2, 0.25) is 0 Å². The van der Waals surface area contributed by atoms with Crippen LogP contribution in [0.5, 0.6) is 0 Å². The zero-order valence-electron chi connectivity index (χ0n) is 13.9. The molecule has 2 heterocycles. The number of likely N-dealkylation sites (tertiary alicyclic amines) is 1.